The molecule has 0 spiro atoms. The van der Waals surface area contributed by atoms with E-state index in [9.17, 15) is 9.50 Å². The van der Waals surface area contributed by atoms with E-state index < -0.39 is 5.60 Å². The van der Waals surface area contributed by atoms with Crippen LogP contribution in [0.5, 0.6) is 0 Å². The van der Waals surface area contributed by atoms with Crippen LogP contribution in [0.25, 0.3) is 44.6 Å². The van der Waals surface area contributed by atoms with E-state index in [0.29, 0.717) is 46.0 Å². The first-order chi connectivity index (χ1) is 18.9. The van der Waals surface area contributed by atoms with Crippen LogP contribution in [-0.4, -0.2) is 54.8 Å². The number of β-amino-alcohol motifs (C(OH)–C–C–N with tert-alkyl or cyclic N) is 1. The number of halogens is 2. The maximum absolute atomic E-state index is 14.0. The fourth-order valence-electron chi connectivity index (χ4n) is 5.52. The van der Waals surface area contributed by atoms with Crippen molar-refractivity contribution < 1.29 is 9.50 Å². The van der Waals surface area contributed by atoms with Crippen molar-refractivity contribution in [1.29, 1.82) is 0 Å². The fourth-order valence-corrected chi connectivity index (χ4v) is 5.74. The minimum absolute atomic E-state index is 0.184. The van der Waals surface area contributed by atoms with E-state index in [1.165, 1.54) is 18.2 Å². The zero-order valence-corrected chi connectivity index (χ0v) is 22.1. The quantitative estimate of drug-likeness (QED) is 0.234. The van der Waals surface area contributed by atoms with E-state index in [2.05, 4.69) is 25.6 Å². The molecule has 4 aromatic heterocycles. The summed E-state index contributed by atoms with van der Waals surface area (Å²) in [5.41, 5.74) is 3.53. The van der Waals surface area contributed by atoms with Gasteiger partial charge in [-0.1, -0.05) is 11.6 Å². The molecule has 198 valence electrons. The van der Waals surface area contributed by atoms with Gasteiger partial charge in [0.15, 0.2) is 5.82 Å². The van der Waals surface area contributed by atoms with Crippen molar-refractivity contribution in [2.24, 2.45) is 0 Å². The molecule has 0 unspecified atom stereocenters. The largest absolute Gasteiger partial charge is 0.387 e. The molecule has 4 N–H and O–H groups in total. The van der Waals surface area contributed by atoms with Gasteiger partial charge in [-0.2, -0.15) is 0 Å². The molecule has 0 bridgehead atoms. The van der Waals surface area contributed by atoms with Crippen LogP contribution in [0.15, 0.2) is 48.9 Å². The number of fused-ring (bicyclic) bond motifs is 2. The molecule has 2 fully saturated rings. The smallest absolute Gasteiger partial charge is 0.163 e. The van der Waals surface area contributed by atoms with Gasteiger partial charge in [-0.25, -0.2) is 19.3 Å². The van der Waals surface area contributed by atoms with Gasteiger partial charge in [-0.15, -0.1) is 0 Å². The Balaban J connectivity index is 1.40. The number of aromatic amines is 1. The van der Waals surface area contributed by atoms with Gasteiger partial charge in [0, 0.05) is 46.5 Å². The number of hydrogen-bond acceptors (Lipinski definition) is 7. The maximum Gasteiger partial charge on any atom is 0.163 e. The minimum atomic E-state index is -0.938. The van der Waals surface area contributed by atoms with Gasteiger partial charge in [-0.3, -0.25) is 4.98 Å². The number of nitrogens with zero attached hydrogens (tertiary/aromatic N) is 4. The lowest BCUT2D eigenvalue weighted by Crippen LogP contribution is -2.56. The van der Waals surface area contributed by atoms with E-state index in [0.717, 1.165) is 53.2 Å². The third kappa shape index (κ3) is 4.40. The fraction of sp³-hybridized carbons (Fsp3) is 0.310. The lowest BCUT2D eigenvalue weighted by Gasteiger charge is -2.38. The van der Waals surface area contributed by atoms with E-state index in [1.54, 1.807) is 12.4 Å². The molecule has 7 rings (SSSR count). The lowest BCUT2D eigenvalue weighted by molar-refractivity contribution is 0.0229. The number of rotatable bonds is 5. The molecule has 0 radical (unpaired) electrons. The number of aliphatic hydroxyl groups is 1. The van der Waals surface area contributed by atoms with E-state index in [-0.39, 0.29) is 11.9 Å². The summed E-state index contributed by atoms with van der Waals surface area (Å²) in [4.78, 5) is 22.3. The van der Waals surface area contributed by atoms with Crippen LogP contribution < -0.4 is 10.6 Å². The molecule has 2 aliphatic rings. The SMILES string of the molecule is C[C@@]1(O)CNCC[C@H]1Nc1nc(-c2ccnc3[nH]c(-c4cc(F)ccc4Cl)cc23)nc2cncc(C3CC3)c12. The molecule has 1 aliphatic heterocycles. The third-order valence-electron chi connectivity index (χ3n) is 7.80. The molecule has 8 nitrogen and oxygen atoms in total. The van der Waals surface area contributed by atoms with Crippen molar-refractivity contribution in [2.45, 2.75) is 43.7 Å². The highest BCUT2D eigenvalue weighted by molar-refractivity contribution is 6.33. The van der Waals surface area contributed by atoms with Gasteiger partial charge in [0.25, 0.3) is 0 Å². The first-order valence-electron chi connectivity index (χ1n) is 13.2. The van der Waals surface area contributed by atoms with E-state index >= 15 is 0 Å². The topological polar surface area (TPSA) is 112 Å². The molecule has 1 aromatic carbocycles. The summed E-state index contributed by atoms with van der Waals surface area (Å²) in [5, 5.41) is 20.2. The van der Waals surface area contributed by atoms with Crippen LogP contribution in [0.1, 0.15) is 37.7 Å². The maximum atomic E-state index is 14.0. The van der Waals surface area contributed by atoms with E-state index in [4.69, 9.17) is 21.6 Å². The average molecular weight is 544 g/mol. The Morgan fingerprint density at radius 1 is 1.10 bits per heavy atom. The summed E-state index contributed by atoms with van der Waals surface area (Å²) in [6, 6.07) is 7.86. The number of nitrogens with one attached hydrogen (secondary N) is 3. The number of piperidine rings is 1. The number of aromatic nitrogens is 5. The van der Waals surface area contributed by atoms with Gasteiger partial charge in [0.2, 0.25) is 0 Å². The highest BCUT2D eigenvalue weighted by Gasteiger charge is 2.36. The minimum Gasteiger partial charge on any atom is -0.387 e. The molecule has 1 aliphatic carbocycles. The number of anilines is 1. The first kappa shape index (κ1) is 24.4. The Bertz CT molecular complexity index is 1730. The molecule has 10 heteroatoms. The number of benzene rings is 1. The summed E-state index contributed by atoms with van der Waals surface area (Å²) >= 11 is 6.39. The number of pyridine rings is 2. The summed E-state index contributed by atoms with van der Waals surface area (Å²) in [5.74, 6) is 1.28. The molecular weight excluding hydrogens is 517 g/mol. The van der Waals surface area contributed by atoms with Crippen molar-refractivity contribution in [1.82, 2.24) is 30.2 Å². The first-order valence-corrected chi connectivity index (χ1v) is 13.5. The zero-order chi connectivity index (χ0) is 26.7. The highest BCUT2D eigenvalue weighted by atomic mass is 35.5. The molecule has 0 amide bonds. The van der Waals surface area contributed by atoms with Crippen molar-refractivity contribution in [3.8, 4) is 22.6 Å². The lowest BCUT2D eigenvalue weighted by atomic mass is 9.90. The molecule has 5 aromatic rings. The van der Waals surface area contributed by atoms with Crippen LogP contribution in [0, 0.1) is 5.82 Å². The monoisotopic (exact) mass is 543 g/mol. The van der Waals surface area contributed by atoms with Gasteiger partial charge < -0.3 is 20.7 Å². The standard InChI is InChI=1S/C29H27ClFN7O/c1-29(39)14-32-8-7-24(29)37-28-25-20(15-2-3-15)12-33-13-23(25)36-27(38-28)17-6-9-34-26-18(17)11-22(35-26)19-10-16(31)4-5-21(19)30/h4-6,9-13,15,24,32,39H,2-3,7-8,14H2,1H3,(H,34,35)(H,36,37,38)/t24-,29-/m1/s1. The third-order valence-corrected chi connectivity index (χ3v) is 8.13. The summed E-state index contributed by atoms with van der Waals surface area (Å²) in [6.45, 7) is 3.15. The van der Waals surface area contributed by atoms with Gasteiger partial charge in [0.05, 0.1) is 28.4 Å². The molecule has 2 atom stereocenters. The van der Waals surface area contributed by atoms with Crippen molar-refractivity contribution in [3.63, 3.8) is 0 Å². The Kier molecular flexibility index (Phi) is 5.77. The molecular formula is C29H27ClFN7O. The number of H-pyrrole nitrogens is 1. The Morgan fingerprint density at radius 3 is 2.79 bits per heavy atom. The zero-order valence-electron chi connectivity index (χ0n) is 21.3. The van der Waals surface area contributed by atoms with Crippen LogP contribution in [0.2, 0.25) is 5.02 Å². The Hall–Kier alpha value is -3.66. The Labute approximate surface area is 229 Å². The predicted molar refractivity (Wildman–Crippen MR) is 150 cm³/mol. The van der Waals surface area contributed by atoms with Crippen molar-refractivity contribution in [2.75, 3.05) is 18.4 Å². The summed E-state index contributed by atoms with van der Waals surface area (Å²) in [6.07, 6.45) is 8.38. The molecule has 1 saturated carbocycles. The van der Waals surface area contributed by atoms with E-state index in [1.807, 2.05) is 25.3 Å². The normalized spacial score (nSPS) is 21.5. The summed E-state index contributed by atoms with van der Waals surface area (Å²) in [7, 11) is 0. The highest BCUT2D eigenvalue weighted by Crippen LogP contribution is 2.45. The van der Waals surface area contributed by atoms with Crippen LogP contribution in [0.3, 0.4) is 0 Å². The molecule has 5 heterocycles. The van der Waals surface area contributed by atoms with Crippen LogP contribution >= 0.6 is 11.6 Å². The van der Waals surface area contributed by atoms with Crippen LogP contribution in [-0.2, 0) is 0 Å². The van der Waals surface area contributed by atoms with Crippen LogP contribution in [0.4, 0.5) is 10.2 Å². The summed E-state index contributed by atoms with van der Waals surface area (Å²) < 4.78 is 14.0. The predicted octanol–water partition coefficient (Wildman–Crippen LogP) is 5.43. The average Bonchev–Trinajstić information content (AvgIpc) is 3.68. The Morgan fingerprint density at radius 2 is 1.97 bits per heavy atom. The van der Waals surface area contributed by atoms with Gasteiger partial charge >= 0.3 is 0 Å². The molecule has 1 saturated heterocycles. The molecule has 39 heavy (non-hydrogen) atoms. The van der Waals surface area contributed by atoms with Crippen molar-refractivity contribution >= 4 is 39.4 Å². The second-order valence-electron chi connectivity index (χ2n) is 10.7. The number of hydrogen-bond donors (Lipinski definition) is 4. The van der Waals surface area contributed by atoms with Gasteiger partial charge in [-0.05, 0) is 74.5 Å². The van der Waals surface area contributed by atoms with Crippen molar-refractivity contribution in [3.05, 3.63) is 65.3 Å². The second kappa shape index (κ2) is 9.22. The van der Waals surface area contributed by atoms with Gasteiger partial charge in [0.1, 0.15) is 17.3 Å². The second-order valence-corrected chi connectivity index (χ2v) is 11.1.